The number of carbonyl (C=O) groups is 2. The number of halogens is 1. The van der Waals surface area contributed by atoms with Crippen LogP contribution in [-0.2, 0) is 0 Å². The van der Waals surface area contributed by atoms with Gasteiger partial charge in [-0.2, -0.15) is 0 Å². The molecule has 146 valence electrons. The number of pyridine rings is 1. The lowest BCUT2D eigenvalue weighted by Crippen LogP contribution is -2.15. The van der Waals surface area contributed by atoms with Crippen LogP contribution in [0.5, 0.6) is 0 Å². The Kier molecular flexibility index (Phi) is 5.33. The molecular weight excluding hydrogens is 428 g/mol. The first kappa shape index (κ1) is 19.5. The van der Waals surface area contributed by atoms with Crippen molar-refractivity contribution in [2.75, 3.05) is 5.32 Å². The fourth-order valence-corrected chi connectivity index (χ4v) is 3.97. The zero-order valence-electron chi connectivity index (χ0n) is 16.3. The number of aldehydes is 1. The van der Waals surface area contributed by atoms with Crippen LogP contribution in [0.4, 0.5) is 5.69 Å². The molecule has 2 aromatic carbocycles. The minimum absolute atomic E-state index is 0.268. The first-order chi connectivity index (χ1) is 14.0. The van der Waals surface area contributed by atoms with Crippen LogP contribution < -0.4 is 5.32 Å². The average molecular weight is 449 g/mol. The first-order valence-corrected chi connectivity index (χ1v) is 10.4. The van der Waals surface area contributed by atoms with E-state index >= 15 is 0 Å². The number of benzene rings is 2. The number of nitrogens with one attached hydrogen (secondary N) is 1. The van der Waals surface area contributed by atoms with Crippen LogP contribution in [0.25, 0.3) is 11.1 Å². The summed E-state index contributed by atoms with van der Waals surface area (Å²) < 4.78 is 1.05. The summed E-state index contributed by atoms with van der Waals surface area (Å²) in [6.07, 6.45) is 4.43. The summed E-state index contributed by atoms with van der Waals surface area (Å²) in [6.45, 7) is 4.08. The predicted octanol–water partition coefficient (Wildman–Crippen LogP) is 6.07. The number of nitrogens with zero attached hydrogens (tertiary/aromatic N) is 1. The van der Waals surface area contributed by atoms with E-state index < -0.39 is 0 Å². The molecule has 1 aliphatic rings. The molecule has 0 aliphatic heterocycles. The molecule has 29 heavy (non-hydrogen) atoms. The number of aromatic nitrogens is 1. The molecule has 0 saturated heterocycles. The molecular formula is C24H21BrN2O2. The van der Waals surface area contributed by atoms with Gasteiger partial charge in [0.05, 0.1) is 0 Å². The molecule has 4 rings (SSSR count). The Hall–Kier alpha value is -2.79. The molecule has 3 aromatic rings. The third-order valence-corrected chi connectivity index (χ3v) is 6.34. The topological polar surface area (TPSA) is 59.1 Å². The summed E-state index contributed by atoms with van der Waals surface area (Å²) in [5.74, 6) is 0.102. The molecule has 1 amide bonds. The van der Waals surface area contributed by atoms with Crippen molar-refractivity contribution in [3.63, 3.8) is 0 Å². The molecule has 1 aromatic heterocycles. The van der Waals surface area contributed by atoms with Crippen molar-refractivity contribution < 1.29 is 9.59 Å². The molecule has 0 atom stereocenters. The average Bonchev–Trinajstić information content (AvgIpc) is 3.56. The van der Waals surface area contributed by atoms with Gasteiger partial charge in [0, 0.05) is 21.9 Å². The van der Waals surface area contributed by atoms with Crippen LogP contribution in [0.1, 0.15) is 56.3 Å². The molecule has 0 spiro atoms. The van der Waals surface area contributed by atoms with Crippen LogP contribution in [0, 0.1) is 13.8 Å². The van der Waals surface area contributed by atoms with E-state index in [1.54, 1.807) is 6.07 Å². The molecule has 1 saturated carbocycles. The second kappa shape index (κ2) is 7.91. The summed E-state index contributed by atoms with van der Waals surface area (Å²) in [4.78, 5) is 28.3. The van der Waals surface area contributed by atoms with Gasteiger partial charge in [-0.3, -0.25) is 14.6 Å². The quantitative estimate of drug-likeness (QED) is 0.481. The molecule has 1 N–H and O–H groups in total. The molecule has 5 heteroatoms. The SMILES string of the molecule is Cc1c(Br)cccc1-c1cccc(NC(=O)c2cc(C3CC3)c(C=O)cn2)c1C. The van der Waals surface area contributed by atoms with E-state index in [1.165, 1.54) is 6.20 Å². The van der Waals surface area contributed by atoms with E-state index in [9.17, 15) is 9.59 Å². The zero-order valence-corrected chi connectivity index (χ0v) is 17.9. The standard InChI is InChI=1S/C24H21BrN2O2/c1-14-18(5-3-7-21(14)25)19-6-4-8-22(15(19)2)27-24(29)23-11-20(16-9-10-16)17(13-28)12-26-23/h3-8,11-13,16H,9-10H2,1-2H3,(H,27,29). The Bertz CT molecular complexity index is 1120. The van der Waals surface area contributed by atoms with Gasteiger partial charge >= 0.3 is 0 Å². The van der Waals surface area contributed by atoms with Gasteiger partial charge in [0.25, 0.3) is 5.91 Å². The van der Waals surface area contributed by atoms with Gasteiger partial charge in [0.15, 0.2) is 6.29 Å². The number of anilines is 1. The van der Waals surface area contributed by atoms with Crippen molar-refractivity contribution in [2.45, 2.75) is 32.6 Å². The summed E-state index contributed by atoms with van der Waals surface area (Å²) in [6, 6.07) is 13.8. The maximum atomic E-state index is 12.9. The van der Waals surface area contributed by atoms with Crippen LogP contribution in [0.2, 0.25) is 0 Å². The second-order valence-corrected chi connectivity index (χ2v) is 8.29. The molecule has 0 unspecified atom stereocenters. The third kappa shape index (κ3) is 3.87. The number of hydrogen-bond donors (Lipinski definition) is 1. The minimum atomic E-state index is -0.268. The Morgan fingerprint density at radius 3 is 2.48 bits per heavy atom. The van der Waals surface area contributed by atoms with Crippen LogP contribution in [0.15, 0.2) is 53.1 Å². The van der Waals surface area contributed by atoms with E-state index in [0.29, 0.717) is 17.2 Å². The highest BCUT2D eigenvalue weighted by atomic mass is 79.9. The van der Waals surface area contributed by atoms with Crippen LogP contribution in [-0.4, -0.2) is 17.2 Å². The molecule has 1 aliphatic carbocycles. The maximum absolute atomic E-state index is 12.9. The van der Waals surface area contributed by atoms with Gasteiger partial charge in [-0.1, -0.05) is 40.2 Å². The van der Waals surface area contributed by atoms with Gasteiger partial charge in [-0.05, 0) is 78.6 Å². The zero-order chi connectivity index (χ0) is 20.5. The number of rotatable bonds is 5. The summed E-state index contributed by atoms with van der Waals surface area (Å²) in [5.41, 5.74) is 6.93. The van der Waals surface area contributed by atoms with Gasteiger partial charge < -0.3 is 5.32 Å². The highest BCUT2D eigenvalue weighted by Gasteiger charge is 2.27. The summed E-state index contributed by atoms with van der Waals surface area (Å²) >= 11 is 3.59. The van der Waals surface area contributed by atoms with Crippen LogP contribution in [0.3, 0.4) is 0 Å². The van der Waals surface area contributed by atoms with E-state index in [2.05, 4.69) is 45.3 Å². The Morgan fingerprint density at radius 1 is 1.10 bits per heavy atom. The number of hydrogen-bond acceptors (Lipinski definition) is 3. The molecule has 0 bridgehead atoms. The second-order valence-electron chi connectivity index (χ2n) is 7.44. The smallest absolute Gasteiger partial charge is 0.274 e. The van der Waals surface area contributed by atoms with Gasteiger partial charge in [0.2, 0.25) is 0 Å². The highest BCUT2D eigenvalue weighted by molar-refractivity contribution is 9.10. The van der Waals surface area contributed by atoms with Crippen molar-refractivity contribution in [3.05, 3.63) is 81.1 Å². The Balaban J connectivity index is 1.65. The lowest BCUT2D eigenvalue weighted by atomic mass is 9.95. The lowest BCUT2D eigenvalue weighted by Gasteiger charge is -2.15. The molecule has 1 heterocycles. The summed E-state index contributed by atoms with van der Waals surface area (Å²) in [5, 5.41) is 2.99. The molecule has 1 fully saturated rings. The normalized spacial score (nSPS) is 13.2. The fourth-order valence-electron chi connectivity index (χ4n) is 3.60. The molecule has 0 radical (unpaired) electrons. The number of amides is 1. The minimum Gasteiger partial charge on any atom is -0.320 e. The van der Waals surface area contributed by atoms with Gasteiger partial charge in [-0.15, -0.1) is 0 Å². The predicted molar refractivity (Wildman–Crippen MR) is 119 cm³/mol. The lowest BCUT2D eigenvalue weighted by molar-refractivity contribution is 0.102. The van der Waals surface area contributed by atoms with Crippen molar-refractivity contribution >= 4 is 33.8 Å². The largest absolute Gasteiger partial charge is 0.320 e. The monoisotopic (exact) mass is 448 g/mol. The van der Waals surface area contributed by atoms with Crippen molar-refractivity contribution in [1.29, 1.82) is 0 Å². The fraction of sp³-hybridized carbons (Fsp3) is 0.208. The number of carbonyl (C=O) groups excluding carboxylic acids is 2. The molecule has 4 nitrogen and oxygen atoms in total. The van der Waals surface area contributed by atoms with Gasteiger partial charge in [0.1, 0.15) is 5.69 Å². The maximum Gasteiger partial charge on any atom is 0.274 e. The van der Waals surface area contributed by atoms with E-state index in [4.69, 9.17) is 0 Å². The first-order valence-electron chi connectivity index (χ1n) is 9.61. The van der Waals surface area contributed by atoms with E-state index in [0.717, 1.165) is 57.1 Å². The van der Waals surface area contributed by atoms with Crippen molar-refractivity contribution in [1.82, 2.24) is 4.98 Å². The Labute approximate surface area is 178 Å². The van der Waals surface area contributed by atoms with E-state index in [-0.39, 0.29) is 5.91 Å². The highest BCUT2D eigenvalue weighted by Crippen LogP contribution is 2.41. The van der Waals surface area contributed by atoms with E-state index in [1.807, 2.05) is 31.2 Å². The van der Waals surface area contributed by atoms with Crippen molar-refractivity contribution in [3.8, 4) is 11.1 Å². The third-order valence-electron chi connectivity index (χ3n) is 5.48. The summed E-state index contributed by atoms with van der Waals surface area (Å²) in [7, 11) is 0. The van der Waals surface area contributed by atoms with Crippen molar-refractivity contribution in [2.24, 2.45) is 0 Å². The van der Waals surface area contributed by atoms with Crippen LogP contribution >= 0.6 is 15.9 Å². The van der Waals surface area contributed by atoms with Gasteiger partial charge in [-0.25, -0.2) is 0 Å². The Morgan fingerprint density at radius 2 is 1.79 bits per heavy atom.